The summed E-state index contributed by atoms with van der Waals surface area (Å²) in [5.41, 5.74) is 0. The van der Waals surface area contributed by atoms with Gasteiger partial charge in [0.15, 0.2) is 0 Å². The second-order valence-corrected chi connectivity index (χ2v) is 2.24. The molecule has 0 aromatic heterocycles. The van der Waals surface area contributed by atoms with Gasteiger partial charge in [0.2, 0.25) is 0 Å². The van der Waals surface area contributed by atoms with Gasteiger partial charge in [0.1, 0.15) is 0 Å². The molecular weight excluding hydrogens is 241 g/mol. The normalized spacial score (nSPS) is 10.1. The monoisotopic (exact) mass is 259 g/mol. The van der Waals surface area contributed by atoms with Gasteiger partial charge in [-0.15, -0.1) is 0 Å². The van der Waals surface area contributed by atoms with Gasteiger partial charge in [0.05, 0.1) is 45.0 Å². The molecule has 0 spiro atoms. The second-order valence-electron chi connectivity index (χ2n) is 2.24. The van der Waals surface area contributed by atoms with Gasteiger partial charge in [0.25, 0.3) is 0 Å². The fraction of sp³-hybridized carbons (Fsp3) is 1.00. The van der Waals surface area contributed by atoms with Crippen LogP contribution in [0.2, 0.25) is 0 Å². The molecular formula is C6H18BNO9. The van der Waals surface area contributed by atoms with E-state index in [2.05, 4.69) is 0 Å². The molecule has 0 bridgehead atoms. The van der Waals surface area contributed by atoms with Crippen molar-refractivity contribution in [3.8, 4) is 0 Å². The van der Waals surface area contributed by atoms with Crippen molar-refractivity contribution in [1.29, 1.82) is 0 Å². The molecule has 17 heavy (non-hydrogen) atoms. The average molecular weight is 259 g/mol. The van der Waals surface area contributed by atoms with Crippen LogP contribution in [-0.4, -0.2) is 82.7 Å². The zero-order chi connectivity index (χ0) is 13.5. The van der Waals surface area contributed by atoms with Crippen LogP contribution in [0.25, 0.3) is 0 Å². The fourth-order valence-electron chi connectivity index (χ4n) is 0.458. The van der Waals surface area contributed by atoms with E-state index in [-0.39, 0.29) is 39.6 Å². The molecule has 0 radical (unpaired) electrons. The topological polar surface area (TPSA) is 152 Å². The zero-order valence-corrected chi connectivity index (χ0v) is 9.18. The summed E-state index contributed by atoms with van der Waals surface area (Å²) in [6.07, 6.45) is 0. The van der Waals surface area contributed by atoms with Gasteiger partial charge in [-0.2, -0.15) is 0 Å². The van der Waals surface area contributed by atoms with Crippen LogP contribution in [0.3, 0.4) is 0 Å². The first-order valence-corrected chi connectivity index (χ1v) is 4.64. The van der Waals surface area contributed by atoms with E-state index >= 15 is 0 Å². The molecule has 0 aliphatic rings. The van der Waals surface area contributed by atoms with Crippen LogP contribution in [0, 0.1) is 0 Å². The van der Waals surface area contributed by atoms with Crippen molar-refractivity contribution in [2.45, 2.75) is 0 Å². The maximum Gasteiger partial charge on any atom is 0.631 e. The van der Waals surface area contributed by atoms with E-state index in [1.165, 1.54) is 0 Å². The molecule has 0 saturated heterocycles. The quantitative estimate of drug-likeness (QED) is 0.178. The van der Waals surface area contributed by atoms with Crippen LogP contribution in [0.5, 0.6) is 0 Å². The van der Waals surface area contributed by atoms with Crippen LogP contribution >= 0.6 is 0 Å². The zero-order valence-electron chi connectivity index (χ0n) is 9.18. The molecule has 0 aromatic rings. The third-order valence-corrected chi connectivity index (χ3v) is 0.864. The van der Waals surface area contributed by atoms with Crippen molar-refractivity contribution in [2.75, 3.05) is 39.6 Å². The summed E-state index contributed by atoms with van der Waals surface area (Å²) in [6.45, 7) is -0.505. The molecule has 0 unspecified atom stereocenters. The molecule has 104 valence electrons. The predicted molar refractivity (Wildman–Crippen MR) is 53.4 cm³/mol. The van der Waals surface area contributed by atoms with Crippen LogP contribution in [0.1, 0.15) is 0 Å². The highest BCUT2D eigenvalue weighted by atomic mass is 17.2. The van der Waals surface area contributed by atoms with Gasteiger partial charge in [-0.25, -0.2) is 14.5 Å². The molecule has 0 amide bonds. The van der Waals surface area contributed by atoms with Gasteiger partial charge in [-0.1, -0.05) is 0 Å². The van der Waals surface area contributed by atoms with E-state index in [4.69, 9.17) is 44.9 Å². The smallest absolute Gasteiger partial charge is 0.402 e. The van der Waals surface area contributed by atoms with E-state index in [1.54, 1.807) is 0 Å². The Morgan fingerprint density at radius 1 is 0.706 bits per heavy atom. The van der Waals surface area contributed by atoms with E-state index in [9.17, 15) is 0 Å². The Labute approximate surface area is 98.2 Å². The number of hydrogen-bond acceptors (Lipinski definition) is 10. The average Bonchev–Trinajstić information content (AvgIpc) is 2.27. The minimum absolute atomic E-state index is 0.0108. The Balaban J connectivity index is 0. The molecule has 10 nitrogen and oxygen atoms in total. The second kappa shape index (κ2) is 15.7. The summed E-state index contributed by atoms with van der Waals surface area (Å²) in [7, 11) is -2.17. The Hall–Kier alpha value is -0.335. The lowest BCUT2D eigenvalue weighted by Gasteiger charge is -2.17. The number of aliphatic hydroxyl groups excluding tert-OH is 3. The van der Waals surface area contributed by atoms with Crippen LogP contribution in [-0.2, 0) is 14.5 Å². The molecule has 0 fully saturated rings. The van der Waals surface area contributed by atoms with Crippen molar-refractivity contribution in [3.05, 3.63) is 0 Å². The highest BCUT2D eigenvalue weighted by molar-refractivity contribution is 6.30. The van der Waals surface area contributed by atoms with Crippen molar-refractivity contribution in [1.82, 2.24) is 5.39 Å². The van der Waals surface area contributed by atoms with Crippen LogP contribution in [0.4, 0.5) is 0 Å². The van der Waals surface area contributed by atoms with E-state index in [0.29, 0.717) is 5.39 Å². The van der Waals surface area contributed by atoms with E-state index in [1.807, 2.05) is 0 Å². The molecule has 0 aliphatic carbocycles. The summed E-state index contributed by atoms with van der Waals surface area (Å²) in [5, 5.41) is 47.4. The first-order chi connectivity index (χ1) is 8.08. The summed E-state index contributed by atoms with van der Waals surface area (Å²) in [6, 6.07) is 0. The standard InChI is InChI=1S/C6H15NO6.BH3O3/c8-1-4-11-7(12-5-2-9)13-6-3-10;2-1(3)4/h8-10H,1-6H2;2-4H. The Bertz CT molecular complexity index is 119. The first-order valence-electron chi connectivity index (χ1n) is 4.64. The van der Waals surface area contributed by atoms with Crippen LogP contribution in [0.15, 0.2) is 0 Å². The summed E-state index contributed by atoms with van der Waals surface area (Å²) in [4.78, 5) is 14.1. The molecule has 0 heterocycles. The summed E-state index contributed by atoms with van der Waals surface area (Å²) < 4.78 is 0. The van der Waals surface area contributed by atoms with Crippen LogP contribution < -0.4 is 0 Å². The predicted octanol–water partition coefficient (Wildman–Crippen LogP) is -3.99. The Morgan fingerprint density at radius 2 is 0.941 bits per heavy atom. The lowest BCUT2D eigenvalue weighted by molar-refractivity contribution is -0.527. The molecule has 0 saturated carbocycles. The van der Waals surface area contributed by atoms with E-state index < -0.39 is 7.32 Å². The van der Waals surface area contributed by atoms with Crippen molar-refractivity contribution < 1.29 is 44.9 Å². The lowest BCUT2D eigenvalue weighted by atomic mass is 10.3. The molecule has 0 rings (SSSR count). The van der Waals surface area contributed by atoms with Gasteiger partial charge in [0, 0.05) is 0 Å². The summed E-state index contributed by atoms with van der Waals surface area (Å²) >= 11 is 0. The summed E-state index contributed by atoms with van der Waals surface area (Å²) in [5.74, 6) is 0. The van der Waals surface area contributed by atoms with Gasteiger partial charge >= 0.3 is 7.32 Å². The Kier molecular flexibility index (Phi) is 17.5. The number of nitrogens with zero attached hydrogens (tertiary/aromatic N) is 1. The minimum atomic E-state index is -2.17. The molecule has 0 aromatic carbocycles. The maximum atomic E-state index is 8.40. The SMILES string of the molecule is OB(O)O.OCCON(OCCO)OCCO. The van der Waals surface area contributed by atoms with Crippen molar-refractivity contribution in [3.63, 3.8) is 0 Å². The fourth-order valence-corrected chi connectivity index (χ4v) is 0.458. The van der Waals surface area contributed by atoms with Crippen molar-refractivity contribution >= 4 is 7.32 Å². The largest absolute Gasteiger partial charge is 0.631 e. The number of aliphatic hydroxyl groups is 3. The number of hydrogen-bond donors (Lipinski definition) is 6. The van der Waals surface area contributed by atoms with Gasteiger partial charge < -0.3 is 30.4 Å². The molecule has 0 aliphatic heterocycles. The molecule has 11 heteroatoms. The van der Waals surface area contributed by atoms with Crippen molar-refractivity contribution in [2.24, 2.45) is 0 Å². The van der Waals surface area contributed by atoms with Gasteiger partial charge in [-0.05, 0) is 0 Å². The number of rotatable bonds is 9. The first kappa shape index (κ1) is 19.0. The van der Waals surface area contributed by atoms with E-state index in [0.717, 1.165) is 0 Å². The maximum absolute atomic E-state index is 8.40. The Morgan fingerprint density at radius 3 is 1.12 bits per heavy atom. The third kappa shape index (κ3) is 21.5. The highest BCUT2D eigenvalue weighted by Crippen LogP contribution is 1.93. The minimum Gasteiger partial charge on any atom is -0.402 e. The lowest BCUT2D eigenvalue weighted by Crippen LogP contribution is -2.28. The molecule has 0 atom stereocenters. The van der Waals surface area contributed by atoms with Gasteiger partial charge in [-0.3, -0.25) is 0 Å². The third-order valence-electron chi connectivity index (χ3n) is 0.864. The molecule has 6 N–H and O–H groups in total. The highest BCUT2D eigenvalue weighted by Gasteiger charge is 2.05.